The van der Waals surface area contributed by atoms with Gasteiger partial charge in [-0.15, -0.1) is 13.2 Å². The lowest BCUT2D eigenvalue weighted by Gasteiger charge is -2.11. The highest BCUT2D eigenvalue weighted by atomic mass is 19.4. The lowest BCUT2D eigenvalue weighted by atomic mass is 10.0. The number of hydrogen-bond donors (Lipinski definition) is 1. The predicted molar refractivity (Wildman–Crippen MR) is 60.3 cm³/mol. The van der Waals surface area contributed by atoms with Gasteiger partial charge in [0.1, 0.15) is 5.75 Å². The van der Waals surface area contributed by atoms with Gasteiger partial charge in [-0.2, -0.15) is 0 Å². The summed E-state index contributed by atoms with van der Waals surface area (Å²) in [6, 6.07) is 4.70. The quantitative estimate of drug-likeness (QED) is 0.829. The highest BCUT2D eigenvalue weighted by Crippen LogP contribution is 2.23. The Morgan fingerprint density at radius 2 is 2.11 bits per heavy atom. The Hall–Kier alpha value is -1.56. The summed E-state index contributed by atoms with van der Waals surface area (Å²) in [6.45, 7) is 1.83. The molecule has 3 nitrogen and oxygen atoms in total. The normalized spacial score (nSPS) is 13.2. The van der Waals surface area contributed by atoms with Gasteiger partial charge >= 0.3 is 6.36 Å². The van der Waals surface area contributed by atoms with Crippen LogP contribution in [0.1, 0.15) is 30.1 Å². The van der Waals surface area contributed by atoms with Gasteiger partial charge in [-0.1, -0.05) is 19.1 Å². The molecule has 1 aromatic rings. The molecule has 0 aliphatic rings. The SMILES string of the molecule is CCC(N)CC(=O)c1cccc(OC(F)(F)F)c1. The fourth-order valence-electron chi connectivity index (χ4n) is 1.37. The van der Waals surface area contributed by atoms with Gasteiger partial charge in [0.2, 0.25) is 0 Å². The zero-order valence-corrected chi connectivity index (χ0v) is 9.83. The van der Waals surface area contributed by atoms with Gasteiger partial charge < -0.3 is 10.5 Å². The summed E-state index contributed by atoms with van der Waals surface area (Å²) in [6.07, 6.45) is -4.03. The molecule has 0 radical (unpaired) electrons. The third-order valence-corrected chi connectivity index (χ3v) is 2.36. The molecule has 2 N–H and O–H groups in total. The van der Waals surface area contributed by atoms with Crippen LogP contribution in [0, 0.1) is 0 Å². The van der Waals surface area contributed by atoms with Crippen LogP contribution >= 0.6 is 0 Å². The van der Waals surface area contributed by atoms with Crippen molar-refractivity contribution < 1.29 is 22.7 Å². The van der Waals surface area contributed by atoms with Crippen molar-refractivity contribution >= 4 is 5.78 Å². The first kappa shape index (κ1) is 14.5. The number of Topliss-reactive ketones (excluding diaryl/α,β-unsaturated/α-hetero) is 1. The summed E-state index contributed by atoms with van der Waals surface area (Å²) in [4.78, 5) is 11.7. The molecule has 0 saturated heterocycles. The van der Waals surface area contributed by atoms with E-state index in [0.717, 1.165) is 12.1 Å². The van der Waals surface area contributed by atoms with Crippen LogP contribution in [0.3, 0.4) is 0 Å². The van der Waals surface area contributed by atoms with Gasteiger partial charge in [0.15, 0.2) is 5.78 Å². The van der Waals surface area contributed by atoms with Crippen molar-refractivity contribution in [3.63, 3.8) is 0 Å². The van der Waals surface area contributed by atoms with Gasteiger partial charge in [0.25, 0.3) is 0 Å². The standard InChI is InChI=1S/C12H14F3NO2/c1-2-9(16)7-11(17)8-4-3-5-10(6-8)18-12(13,14)15/h3-6,9H,2,7,16H2,1H3. The van der Waals surface area contributed by atoms with Crippen molar-refractivity contribution in [2.45, 2.75) is 32.2 Å². The highest BCUT2D eigenvalue weighted by Gasteiger charge is 2.31. The number of benzene rings is 1. The molecule has 1 unspecified atom stereocenters. The molecule has 0 fully saturated rings. The Kier molecular flexibility index (Phi) is 4.72. The molecule has 0 spiro atoms. The number of ketones is 1. The second-order valence-corrected chi connectivity index (χ2v) is 3.87. The molecular formula is C12H14F3NO2. The van der Waals surface area contributed by atoms with Crippen molar-refractivity contribution in [3.05, 3.63) is 29.8 Å². The van der Waals surface area contributed by atoms with E-state index in [9.17, 15) is 18.0 Å². The first-order valence-electron chi connectivity index (χ1n) is 5.46. The van der Waals surface area contributed by atoms with Crippen LogP contribution in [0.25, 0.3) is 0 Å². The van der Waals surface area contributed by atoms with E-state index in [0.29, 0.717) is 6.42 Å². The summed E-state index contributed by atoms with van der Waals surface area (Å²) in [5, 5.41) is 0. The first-order valence-corrected chi connectivity index (χ1v) is 5.46. The molecule has 1 atom stereocenters. The zero-order valence-electron chi connectivity index (χ0n) is 9.83. The van der Waals surface area contributed by atoms with Gasteiger partial charge in [0, 0.05) is 18.0 Å². The molecule has 0 bridgehead atoms. The van der Waals surface area contributed by atoms with E-state index in [1.165, 1.54) is 12.1 Å². The Morgan fingerprint density at radius 3 is 2.67 bits per heavy atom. The third kappa shape index (κ3) is 4.75. The van der Waals surface area contributed by atoms with Crippen molar-refractivity contribution in [2.75, 3.05) is 0 Å². The molecule has 0 aliphatic heterocycles. The van der Waals surface area contributed by atoms with E-state index in [1.807, 2.05) is 6.92 Å². The summed E-state index contributed by atoms with van der Waals surface area (Å²) in [5.41, 5.74) is 5.79. The fourth-order valence-corrected chi connectivity index (χ4v) is 1.37. The number of carbonyl (C=O) groups is 1. The lowest BCUT2D eigenvalue weighted by molar-refractivity contribution is -0.274. The van der Waals surface area contributed by atoms with Gasteiger partial charge in [-0.05, 0) is 18.6 Å². The first-order chi connectivity index (χ1) is 8.31. The van der Waals surface area contributed by atoms with E-state index in [2.05, 4.69) is 4.74 Å². The Bertz CT molecular complexity index is 418. The molecule has 100 valence electrons. The van der Waals surface area contributed by atoms with Gasteiger partial charge in [-0.3, -0.25) is 4.79 Å². The van der Waals surface area contributed by atoms with E-state index < -0.39 is 12.1 Å². The van der Waals surface area contributed by atoms with Crippen LogP contribution in [0.5, 0.6) is 5.75 Å². The maximum Gasteiger partial charge on any atom is 0.573 e. The van der Waals surface area contributed by atoms with Crippen molar-refractivity contribution in [3.8, 4) is 5.75 Å². The number of ether oxygens (including phenoxy) is 1. The molecule has 6 heteroatoms. The molecule has 1 rings (SSSR count). The average Bonchev–Trinajstić information content (AvgIpc) is 2.26. The average molecular weight is 261 g/mol. The zero-order chi connectivity index (χ0) is 13.8. The van der Waals surface area contributed by atoms with Crippen LogP contribution in [0.4, 0.5) is 13.2 Å². The summed E-state index contributed by atoms with van der Waals surface area (Å²) < 4.78 is 39.8. The molecule has 0 aliphatic carbocycles. The Morgan fingerprint density at radius 1 is 1.44 bits per heavy atom. The number of nitrogens with two attached hydrogens (primary N) is 1. The van der Waals surface area contributed by atoms with Crippen molar-refractivity contribution in [1.82, 2.24) is 0 Å². The topological polar surface area (TPSA) is 52.3 Å². The molecule has 1 aromatic carbocycles. The molecule has 0 aromatic heterocycles. The number of hydrogen-bond acceptors (Lipinski definition) is 3. The molecule has 0 amide bonds. The minimum absolute atomic E-state index is 0.103. The summed E-state index contributed by atoms with van der Waals surface area (Å²) in [5.74, 6) is -0.699. The second-order valence-electron chi connectivity index (χ2n) is 3.87. The van der Waals surface area contributed by atoms with Crippen LogP contribution < -0.4 is 10.5 Å². The Balaban J connectivity index is 2.79. The van der Waals surface area contributed by atoms with Crippen molar-refractivity contribution in [2.24, 2.45) is 5.73 Å². The van der Waals surface area contributed by atoms with Crippen LogP contribution in [-0.2, 0) is 0 Å². The maximum absolute atomic E-state index is 12.0. The largest absolute Gasteiger partial charge is 0.573 e. The summed E-state index contributed by atoms with van der Waals surface area (Å²) in [7, 11) is 0. The van der Waals surface area contributed by atoms with E-state index in [1.54, 1.807) is 0 Å². The number of alkyl halides is 3. The Labute approximate surface area is 103 Å². The molecule has 0 heterocycles. The molecular weight excluding hydrogens is 247 g/mol. The van der Waals surface area contributed by atoms with Gasteiger partial charge in [-0.25, -0.2) is 0 Å². The summed E-state index contributed by atoms with van der Waals surface area (Å²) >= 11 is 0. The van der Waals surface area contributed by atoms with Crippen molar-refractivity contribution in [1.29, 1.82) is 0 Å². The predicted octanol–water partition coefficient (Wildman–Crippen LogP) is 2.90. The monoisotopic (exact) mass is 261 g/mol. The fraction of sp³-hybridized carbons (Fsp3) is 0.417. The van der Waals surface area contributed by atoms with Crippen LogP contribution in [0.15, 0.2) is 24.3 Å². The number of halogens is 3. The number of carbonyl (C=O) groups excluding carboxylic acids is 1. The second kappa shape index (κ2) is 5.86. The minimum atomic E-state index is -4.76. The van der Waals surface area contributed by atoms with Gasteiger partial charge in [0.05, 0.1) is 0 Å². The minimum Gasteiger partial charge on any atom is -0.406 e. The maximum atomic E-state index is 12.0. The van der Waals surface area contributed by atoms with E-state index in [4.69, 9.17) is 5.73 Å². The van der Waals surface area contributed by atoms with E-state index in [-0.39, 0.29) is 23.8 Å². The van der Waals surface area contributed by atoms with E-state index >= 15 is 0 Å². The molecule has 0 saturated carbocycles. The third-order valence-electron chi connectivity index (χ3n) is 2.36. The smallest absolute Gasteiger partial charge is 0.406 e. The van der Waals surface area contributed by atoms with Crippen LogP contribution in [-0.4, -0.2) is 18.2 Å². The molecule has 18 heavy (non-hydrogen) atoms. The highest BCUT2D eigenvalue weighted by molar-refractivity contribution is 5.96. The lowest BCUT2D eigenvalue weighted by Crippen LogP contribution is -2.23. The van der Waals surface area contributed by atoms with Crippen LogP contribution in [0.2, 0.25) is 0 Å². The number of rotatable bonds is 5.